The smallest absolute Gasteiger partial charge is 0.319 e. The standard InChI is InChI=1S/C19H24N4O3/c1-3-22(4-2)14-16-7-5-15(6-8-16)13-20-19(24)21-17-9-11-18(12-10-17)23(25)26/h5-12H,3-4,13-14H2,1-2H3,(H2,20,21,24). The van der Waals surface area contributed by atoms with Crippen LogP contribution in [0.25, 0.3) is 0 Å². The van der Waals surface area contributed by atoms with Crippen molar-refractivity contribution in [3.05, 3.63) is 69.8 Å². The summed E-state index contributed by atoms with van der Waals surface area (Å²) in [7, 11) is 0. The average molecular weight is 356 g/mol. The molecule has 2 rings (SSSR count). The summed E-state index contributed by atoms with van der Waals surface area (Å²) in [5.41, 5.74) is 2.74. The molecular formula is C19H24N4O3. The second-order valence-electron chi connectivity index (χ2n) is 5.89. The van der Waals surface area contributed by atoms with E-state index in [0.717, 1.165) is 25.2 Å². The minimum absolute atomic E-state index is 0.0132. The van der Waals surface area contributed by atoms with Gasteiger partial charge in [0.25, 0.3) is 5.69 Å². The van der Waals surface area contributed by atoms with E-state index in [1.165, 1.54) is 29.8 Å². The number of urea groups is 1. The highest BCUT2D eigenvalue weighted by atomic mass is 16.6. The molecule has 0 aromatic heterocycles. The third-order valence-corrected chi connectivity index (χ3v) is 4.11. The van der Waals surface area contributed by atoms with E-state index in [1.54, 1.807) is 0 Å². The number of non-ortho nitro benzene ring substituents is 1. The summed E-state index contributed by atoms with van der Waals surface area (Å²) in [6, 6.07) is 13.5. The molecule has 2 aromatic rings. The van der Waals surface area contributed by atoms with Crippen LogP contribution in [0.5, 0.6) is 0 Å². The maximum absolute atomic E-state index is 11.9. The molecule has 7 heteroatoms. The first-order valence-corrected chi connectivity index (χ1v) is 8.61. The molecule has 0 radical (unpaired) electrons. The third-order valence-electron chi connectivity index (χ3n) is 4.11. The van der Waals surface area contributed by atoms with Crippen LogP contribution in [0.3, 0.4) is 0 Å². The number of hydrogen-bond acceptors (Lipinski definition) is 4. The Morgan fingerprint density at radius 2 is 1.58 bits per heavy atom. The number of nitrogens with one attached hydrogen (secondary N) is 2. The Morgan fingerprint density at radius 1 is 1.00 bits per heavy atom. The normalized spacial score (nSPS) is 10.6. The molecule has 26 heavy (non-hydrogen) atoms. The molecule has 7 nitrogen and oxygen atoms in total. The summed E-state index contributed by atoms with van der Waals surface area (Å²) in [5, 5.41) is 16.0. The number of benzene rings is 2. The first-order valence-electron chi connectivity index (χ1n) is 8.61. The molecule has 0 saturated heterocycles. The highest BCUT2D eigenvalue weighted by Gasteiger charge is 2.06. The van der Waals surface area contributed by atoms with E-state index in [1.807, 2.05) is 12.1 Å². The SMILES string of the molecule is CCN(CC)Cc1ccc(CNC(=O)Nc2ccc([N+](=O)[O-])cc2)cc1. The number of nitrogens with zero attached hydrogens (tertiary/aromatic N) is 2. The van der Waals surface area contributed by atoms with Crippen molar-refractivity contribution in [3.63, 3.8) is 0 Å². The number of carbonyl (C=O) groups is 1. The minimum atomic E-state index is -0.478. The van der Waals surface area contributed by atoms with Gasteiger partial charge in [-0.15, -0.1) is 0 Å². The van der Waals surface area contributed by atoms with Gasteiger partial charge in [0, 0.05) is 30.9 Å². The lowest BCUT2D eigenvalue weighted by molar-refractivity contribution is -0.384. The quantitative estimate of drug-likeness (QED) is 0.557. The number of rotatable bonds is 8. The van der Waals surface area contributed by atoms with Crippen LogP contribution in [0, 0.1) is 10.1 Å². The predicted octanol–water partition coefficient (Wildman–Crippen LogP) is 3.76. The van der Waals surface area contributed by atoms with Gasteiger partial charge in [-0.25, -0.2) is 4.79 Å². The molecule has 0 atom stereocenters. The molecule has 2 aromatic carbocycles. The molecule has 2 N–H and O–H groups in total. The summed E-state index contributed by atoms with van der Waals surface area (Å²) < 4.78 is 0. The number of anilines is 1. The summed E-state index contributed by atoms with van der Waals surface area (Å²) in [5.74, 6) is 0. The average Bonchev–Trinajstić information content (AvgIpc) is 2.65. The second kappa shape index (κ2) is 9.53. The van der Waals surface area contributed by atoms with Crippen LogP contribution >= 0.6 is 0 Å². The monoisotopic (exact) mass is 356 g/mol. The third kappa shape index (κ3) is 5.86. The van der Waals surface area contributed by atoms with Gasteiger partial charge >= 0.3 is 6.03 Å². The summed E-state index contributed by atoms with van der Waals surface area (Å²) in [6.07, 6.45) is 0. The van der Waals surface area contributed by atoms with Gasteiger partial charge in [-0.05, 0) is 36.3 Å². The molecule has 0 unspecified atom stereocenters. The number of nitro groups is 1. The van der Waals surface area contributed by atoms with Crippen molar-refractivity contribution in [3.8, 4) is 0 Å². The lowest BCUT2D eigenvalue weighted by Gasteiger charge is -2.18. The Bertz CT molecular complexity index is 725. The lowest BCUT2D eigenvalue weighted by Crippen LogP contribution is -2.28. The molecule has 0 aliphatic rings. The minimum Gasteiger partial charge on any atom is -0.334 e. The van der Waals surface area contributed by atoms with Crippen molar-refractivity contribution in [2.75, 3.05) is 18.4 Å². The maximum Gasteiger partial charge on any atom is 0.319 e. The van der Waals surface area contributed by atoms with Crippen LogP contribution in [-0.2, 0) is 13.1 Å². The van der Waals surface area contributed by atoms with Crippen molar-refractivity contribution in [2.45, 2.75) is 26.9 Å². The van der Waals surface area contributed by atoms with E-state index >= 15 is 0 Å². The zero-order valence-corrected chi connectivity index (χ0v) is 15.1. The van der Waals surface area contributed by atoms with Gasteiger partial charge < -0.3 is 10.6 Å². The largest absolute Gasteiger partial charge is 0.334 e. The van der Waals surface area contributed by atoms with E-state index < -0.39 is 4.92 Å². The number of carbonyl (C=O) groups excluding carboxylic acids is 1. The van der Waals surface area contributed by atoms with Crippen molar-refractivity contribution in [1.82, 2.24) is 10.2 Å². The summed E-state index contributed by atoms with van der Waals surface area (Å²) >= 11 is 0. The Labute approximate surface area is 153 Å². The number of hydrogen-bond donors (Lipinski definition) is 2. The van der Waals surface area contributed by atoms with Crippen LogP contribution in [0.15, 0.2) is 48.5 Å². The summed E-state index contributed by atoms with van der Waals surface area (Å²) in [4.78, 5) is 24.4. The van der Waals surface area contributed by atoms with Crippen LogP contribution in [0.1, 0.15) is 25.0 Å². The molecule has 0 heterocycles. The van der Waals surface area contributed by atoms with Crippen molar-refractivity contribution < 1.29 is 9.72 Å². The predicted molar refractivity (Wildman–Crippen MR) is 102 cm³/mol. The highest BCUT2D eigenvalue weighted by molar-refractivity contribution is 5.89. The zero-order valence-electron chi connectivity index (χ0n) is 15.1. The molecule has 0 spiro atoms. The van der Waals surface area contributed by atoms with Crippen LogP contribution in [0.2, 0.25) is 0 Å². The van der Waals surface area contributed by atoms with Crippen molar-refractivity contribution in [2.24, 2.45) is 0 Å². The van der Waals surface area contributed by atoms with Crippen LogP contribution < -0.4 is 10.6 Å². The first kappa shape index (κ1) is 19.4. The molecule has 0 fully saturated rings. The molecular weight excluding hydrogens is 332 g/mol. The van der Waals surface area contributed by atoms with Gasteiger partial charge in [0.1, 0.15) is 0 Å². The van der Waals surface area contributed by atoms with E-state index in [0.29, 0.717) is 12.2 Å². The maximum atomic E-state index is 11.9. The first-order chi connectivity index (χ1) is 12.5. The van der Waals surface area contributed by atoms with Gasteiger partial charge in [-0.3, -0.25) is 15.0 Å². The van der Waals surface area contributed by atoms with Gasteiger partial charge in [0.2, 0.25) is 0 Å². The molecule has 0 bridgehead atoms. The Morgan fingerprint density at radius 3 is 2.12 bits per heavy atom. The van der Waals surface area contributed by atoms with Gasteiger partial charge in [0.05, 0.1) is 4.92 Å². The number of amides is 2. The van der Waals surface area contributed by atoms with Crippen molar-refractivity contribution in [1.29, 1.82) is 0 Å². The van der Waals surface area contributed by atoms with E-state index in [4.69, 9.17) is 0 Å². The topological polar surface area (TPSA) is 87.5 Å². The Hall–Kier alpha value is -2.93. The Balaban J connectivity index is 1.82. The second-order valence-corrected chi connectivity index (χ2v) is 5.89. The molecule has 0 aliphatic heterocycles. The highest BCUT2D eigenvalue weighted by Crippen LogP contribution is 2.15. The lowest BCUT2D eigenvalue weighted by atomic mass is 10.1. The fourth-order valence-corrected chi connectivity index (χ4v) is 2.49. The fourth-order valence-electron chi connectivity index (χ4n) is 2.49. The number of nitro benzene ring substituents is 1. The fraction of sp³-hybridized carbons (Fsp3) is 0.316. The summed E-state index contributed by atoms with van der Waals surface area (Å²) in [6.45, 7) is 7.65. The van der Waals surface area contributed by atoms with Gasteiger partial charge in [-0.1, -0.05) is 38.1 Å². The molecule has 0 aliphatic carbocycles. The molecule has 2 amide bonds. The van der Waals surface area contributed by atoms with Crippen molar-refractivity contribution >= 4 is 17.4 Å². The van der Waals surface area contributed by atoms with Gasteiger partial charge in [0.15, 0.2) is 0 Å². The molecule has 0 saturated carbocycles. The van der Waals surface area contributed by atoms with E-state index in [-0.39, 0.29) is 11.7 Å². The van der Waals surface area contributed by atoms with E-state index in [2.05, 4.69) is 41.5 Å². The molecule has 138 valence electrons. The van der Waals surface area contributed by atoms with Crippen LogP contribution in [0.4, 0.5) is 16.2 Å². The Kier molecular flexibility index (Phi) is 7.11. The zero-order chi connectivity index (χ0) is 18.9. The van der Waals surface area contributed by atoms with Gasteiger partial charge in [-0.2, -0.15) is 0 Å². The van der Waals surface area contributed by atoms with Crippen LogP contribution in [-0.4, -0.2) is 28.9 Å². The van der Waals surface area contributed by atoms with E-state index in [9.17, 15) is 14.9 Å².